The Labute approximate surface area is 162 Å². The minimum atomic E-state index is -3.41. The summed E-state index contributed by atoms with van der Waals surface area (Å²) < 4.78 is 24.1. The van der Waals surface area contributed by atoms with E-state index in [9.17, 15) is 8.42 Å². The first-order valence-electron chi connectivity index (χ1n) is 8.43. The molecule has 0 atom stereocenters. The molecule has 0 unspecified atom stereocenters. The van der Waals surface area contributed by atoms with Gasteiger partial charge in [0.25, 0.3) is 0 Å². The molecule has 0 bridgehead atoms. The molecule has 0 radical (unpaired) electrons. The number of sulfone groups is 1. The number of anilines is 3. The Balaban J connectivity index is 1.87. The van der Waals surface area contributed by atoms with Gasteiger partial charge in [0.05, 0.1) is 27.8 Å². The van der Waals surface area contributed by atoms with Crippen molar-refractivity contribution in [1.29, 1.82) is 0 Å². The number of aromatic nitrogens is 3. The lowest BCUT2D eigenvalue weighted by Crippen LogP contribution is -2.03. The quantitative estimate of drug-likeness (QED) is 0.513. The van der Waals surface area contributed by atoms with Crippen molar-refractivity contribution >= 4 is 37.9 Å². The molecule has 0 amide bonds. The Morgan fingerprint density at radius 3 is 2.46 bits per heavy atom. The van der Waals surface area contributed by atoms with E-state index in [1.807, 2.05) is 36.4 Å². The van der Waals surface area contributed by atoms with Gasteiger partial charge >= 0.3 is 0 Å². The largest absolute Gasteiger partial charge is 0.399 e. The highest BCUT2D eigenvalue weighted by Crippen LogP contribution is 2.32. The van der Waals surface area contributed by atoms with Crippen LogP contribution in [0.5, 0.6) is 0 Å². The summed E-state index contributed by atoms with van der Waals surface area (Å²) >= 11 is 0. The van der Waals surface area contributed by atoms with Crippen LogP contribution >= 0.6 is 0 Å². The van der Waals surface area contributed by atoms with Gasteiger partial charge in [-0.2, -0.15) is 0 Å². The lowest BCUT2D eigenvalue weighted by Gasteiger charge is -2.13. The number of fused-ring (bicyclic) bond motifs is 1. The molecule has 0 aliphatic rings. The van der Waals surface area contributed by atoms with Gasteiger partial charge < -0.3 is 11.1 Å². The van der Waals surface area contributed by atoms with Crippen LogP contribution in [0.4, 0.5) is 17.1 Å². The van der Waals surface area contributed by atoms with E-state index in [1.54, 1.807) is 12.4 Å². The molecule has 3 N–H and O–H groups in total. The summed E-state index contributed by atoms with van der Waals surface area (Å²) in [5.41, 5.74) is 10.8. The number of nitrogens with one attached hydrogen (secondary N) is 1. The van der Waals surface area contributed by atoms with E-state index in [0.29, 0.717) is 22.6 Å². The third-order valence-electron chi connectivity index (χ3n) is 4.25. The molecule has 0 saturated heterocycles. The first-order valence-corrected chi connectivity index (χ1v) is 10.3. The van der Waals surface area contributed by atoms with E-state index in [0.717, 1.165) is 16.6 Å². The van der Waals surface area contributed by atoms with Crippen molar-refractivity contribution in [2.24, 2.45) is 0 Å². The van der Waals surface area contributed by atoms with Gasteiger partial charge in [0.1, 0.15) is 0 Å². The topological polar surface area (TPSA) is 111 Å². The van der Waals surface area contributed by atoms with Crippen LogP contribution in [-0.4, -0.2) is 29.6 Å². The number of nitrogens with two attached hydrogens (primary N) is 1. The summed E-state index contributed by atoms with van der Waals surface area (Å²) in [6, 6.07) is 12.7. The van der Waals surface area contributed by atoms with Crippen LogP contribution < -0.4 is 11.1 Å². The molecule has 4 aromatic rings. The second kappa shape index (κ2) is 6.90. The molecule has 8 heteroatoms. The third kappa shape index (κ3) is 3.49. The number of nitrogens with zero attached hydrogens (tertiary/aromatic N) is 3. The molecule has 0 aliphatic carbocycles. The van der Waals surface area contributed by atoms with Crippen molar-refractivity contribution in [3.05, 3.63) is 67.3 Å². The average Bonchev–Trinajstić information content (AvgIpc) is 2.68. The van der Waals surface area contributed by atoms with Gasteiger partial charge in [-0.1, -0.05) is 12.1 Å². The smallest absolute Gasteiger partial charge is 0.177 e. The van der Waals surface area contributed by atoms with Crippen LogP contribution in [-0.2, 0) is 9.84 Å². The number of hydrogen-bond acceptors (Lipinski definition) is 7. The van der Waals surface area contributed by atoms with Crippen LogP contribution in [0.25, 0.3) is 22.2 Å². The maximum absolute atomic E-state index is 12.1. The molecule has 0 aliphatic heterocycles. The fourth-order valence-corrected chi connectivity index (χ4v) is 3.80. The van der Waals surface area contributed by atoms with Crippen molar-refractivity contribution in [2.75, 3.05) is 17.3 Å². The Morgan fingerprint density at radius 1 is 0.964 bits per heavy atom. The number of hydrogen-bond donors (Lipinski definition) is 2. The summed E-state index contributed by atoms with van der Waals surface area (Å²) in [7, 11) is -3.41. The van der Waals surface area contributed by atoms with Crippen LogP contribution in [0.1, 0.15) is 0 Å². The first kappa shape index (κ1) is 17.9. The van der Waals surface area contributed by atoms with Crippen LogP contribution in [0.2, 0.25) is 0 Å². The highest BCUT2D eigenvalue weighted by Gasteiger charge is 2.15. The van der Waals surface area contributed by atoms with Gasteiger partial charge in [-0.25, -0.2) is 8.42 Å². The molecule has 140 valence electrons. The van der Waals surface area contributed by atoms with Gasteiger partial charge in [0.15, 0.2) is 9.84 Å². The number of pyridine rings is 1. The lowest BCUT2D eigenvalue weighted by molar-refractivity contribution is 0.602. The third-order valence-corrected chi connectivity index (χ3v) is 5.41. The SMILES string of the molecule is CS(=O)(=O)c1ccncc1Nc1cc(-c2ccc(N)cc2)c2nccnc2c1. The van der Waals surface area contributed by atoms with Crippen molar-refractivity contribution in [1.82, 2.24) is 15.0 Å². The Kier molecular flexibility index (Phi) is 4.40. The van der Waals surface area contributed by atoms with E-state index < -0.39 is 9.84 Å². The van der Waals surface area contributed by atoms with Crippen molar-refractivity contribution in [2.45, 2.75) is 4.90 Å². The monoisotopic (exact) mass is 391 g/mol. The summed E-state index contributed by atoms with van der Waals surface area (Å²) in [5.74, 6) is 0. The zero-order chi connectivity index (χ0) is 19.7. The fraction of sp³-hybridized carbons (Fsp3) is 0.0500. The number of rotatable bonds is 4. The van der Waals surface area contributed by atoms with Crippen molar-refractivity contribution in [3.63, 3.8) is 0 Å². The Morgan fingerprint density at radius 2 is 1.71 bits per heavy atom. The van der Waals surface area contributed by atoms with E-state index in [1.165, 1.54) is 24.7 Å². The van der Waals surface area contributed by atoms with E-state index in [2.05, 4.69) is 20.3 Å². The predicted molar refractivity (Wildman–Crippen MR) is 110 cm³/mol. The second-order valence-corrected chi connectivity index (χ2v) is 8.32. The molecule has 0 spiro atoms. The Bertz CT molecular complexity index is 1270. The van der Waals surface area contributed by atoms with E-state index in [4.69, 9.17) is 5.73 Å². The molecular formula is C20H17N5O2S. The molecule has 2 heterocycles. The van der Waals surface area contributed by atoms with Crippen LogP contribution in [0.3, 0.4) is 0 Å². The maximum atomic E-state index is 12.1. The maximum Gasteiger partial charge on any atom is 0.177 e. The van der Waals surface area contributed by atoms with E-state index in [-0.39, 0.29) is 4.90 Å². The first-order chi connectivity index (χ1) is 13.4. The minimum absolute atomic E-state index is 0.177. The van der Waals surface area contributed by atoms with Crippen LogP contribution in [0, 0.1) is 0 Å². The number of nitrogen functional groups attached to an aromatic ring is 1. The molecule has 28 heavy (non-hydrogen) atoms. The van der Waals surface area contributed by atoms with Crippen molar-refractivity contribution < 1.29 is 8.42 Å². The zero-order valence-corrected chi connectivity index (χ0v) is 15.8. The highest BCUT2D eigenvalue weighted by atomic mass is 32.2. The van der Waals surface area contributed by atoms with Gasteiger partial charge in [-0.3, -0.25) is 15.0 Å². The Hall–Kier alpha value is -3.52. The van der Waals surface area contributed by atoms with E-state index >= 15 is 0 Å². The summed E-state index contributed by atoms with van der Waals surface area (Å²) in [6.45, 7) is 0. The molecule has 4 rings (SSSR count). The highest BCUT2D eigenvalue weighted by molar-refractivity contribution is 7.90. The number of benzene rings is 2. The molecule has 2 aromatic heterocycles. The standard InChI is InChI=1S/C20H17N5O2S/c1-28(26,27)19-6-7-22-12-18(19)25-15-10-16(13-2-4-14(21)5-3-13)20-17(11-15)23-8-9-24-20/h2-12,25H,21H2,1H3. The second-order valence-electron chi connectivity index (χ2n) is 6.34. The molecule has 0 saturated carbocycles. The predicted octanol–water partition coefficient (Wildman–Crippen LogP) is 3.42. The summed E-state index contributed by atoms with van der Waals surface area (Å²) in [4.78, 5) is 13.1. The molecule has 2 aromatic carbocycles. The zero-order valence-electron chi connectivity index (χ0n) is 15.0. The fourth-order valence-electron chi connectivity index (χ4n) is 2.98. The van der Waals surface area contributed by atoms with Crippen LogP contribution in [0.15, 0.2) is 72.1 Å². The summed E-state index contributed by atoms with van der Waals surface area (Å²) in [5, 5.41) is 3.16. The molecule has 7 nitrogen and oxygen atoms in total. The van der Waals surface area contributed by atoms with Crippen molar-refractivity contribution in [3.8, 4) is 11.1 Å². The summed E-state index contributed by atoms with van der Waals surface area (Å²) in [6.07, 6.45) is 7.36. The van der Waals surface area contributed by atoms with Gasteiger partial charge in [0.2, 0.25) is 0 Å². The normalized spacial score (nSPS) is 11.5. The molecule has 0 fully saturated rings. The van der Waals surface area contributed by atoms with Gasteiger partial charge in [-0.15, -0.1) is 0 Å². The minimum Gasteiger partial charge on any atom is -0.399 e. The lowest BCUT2D eigenvalue weighted by atomic mass is 10.0. The van der Waals surface area contributed by atoms with Gasteiger partial charge in [-0.05, 0) is 35.9 Å². The molecular weight excluding hydrogens is 374 g/mol. The van der Waals surface area contributed by atoms with Gasteiger partial charge in [0, 0.05) is 41.8 Å². The average molecular weight is 391 g/mol.